The zero-order valence-electron chi connectivity index (χ0n) is 13.8. The highest BCUT2D eigenvalue weighted by Gasteiger charge is 2.33. The summed E-state index contributed by atoms with van der Waals surface area (Å²) in [4.78, 5) is 16.4. The van der Waals surface area contributed by atoms with Gasteiger partial charge in [0.05, 0.1) is 5.56 Å². The summed E-state index contributed by atoms with van der Waals surface area (Å²) in [6.45, 7) is 6.97. The lowest BCUT2D eigenvalue weighted by atomic mass is 9.99. The SMILES string of the molecule is CCN1CCc2c(sc3c2C(=O)N[C@H](c2cccc(C)c2O)N3)C1. The highest BCUT2D eigenvalue weighted by atomic mass is 32.1. The van der Waals surface area contributed by atoms with Crippen LogP contribution in [0.5, 0.6) is 5.75 Å². The van der Waals surface area contributed by atoms with Gasteiger partial charge in [-0.1, -0.05) is 25.1 Å². The molecule has 3 N–H and O–H groups in total. The van der Waals surface area contributed by atoms with Gasteiger partial charge in [0.2, 0.25) is 0 Å². The van der Waals surface area contributed by atoms with Gasteiger partial charge in [0.15, 0.2) is 0 Å². The Balaban J connectivity index is 1.70. The number of aryl methyl sites for hydroxylation is 1. The highest BCUT2D eigenvalue weighted by Crippen LogP contribution is 2.41. The first-order valence-corrected chi connectivity index (χ1v) is 9.13. The van der Waals surface area contributed by atoms with Crippen molar-refractivity contribution in [3.63, 3.8) is 0 Å². The number of likely N-dealkylation sites (N-methyl/N-ethyl adjacent to an activating group) is 1. The van der Waals surface area contributed by atoms with Gasteiger partial charge in [0, 0.05) is 23.5 Å². The first kappa shape index (κ1) is 15.5. The fraction of sp³-hybridized carbons (Fsp3) is 0.389. The Morgan fingerprint density at radius 3 is 3.00 bits per heavy atom. The second-order valence-electron chi connectivity index (χ2n) is 6.39. The van der Waals surface area contributed by atoms with Gasteiger partial charge in [-0.3, -0.25) is 9.69 Å². The molecule has 3 heterocycles. The number of benzene rings is 1. The normalized spacial score (nSPS) is 20.1. The maximum absolute atomic E-state index is 12.7. The van der Waals surface area contributed by atoms with Gasteiger partial charge in [0.1, 0.15) is 16.9 Å². The van der Waals surface area contributed by atoms with E-state index in [9.17, 15) is 9.90 Å². The predicted octanol–water partition coefficient (Wildman–Crippen LogP) is 2.99. The number of rotatable bonds is 2. The lowest BCUT2D eigenvalue weighted by Crippen LogP contribution is -2.39. The van der Waals surface area contributed by atoms with Crippen molar-refractivity contribution in [2.75, 3.05) is 18.4 Å². The summed E-state index contributed by atoms with van der Waals surface area (Å²) in [6, 6.07) is 5.60. The fourth-order valence-electron chi connectivity index (χ4n) is 3.51. The summed E-state index contributed by atoms with van der Waals surface area (Å²) in [5.41, 5.74) is 3.50. The second-order valence-corrected chi connectivity index (χ2v) is 7.50. The Bertz CT molecular complexity index is 815. The Hall–Kier alpha value is -2.05. The van der Waals surface area contributed by atoms with Gasteiger partial charge >= 0.3 is 0 Å². The largest absolute Gasteiger partial charge is 0.507 e. The number of fused-ring (bicyclic) bond motifs is 3. The summed E-state index contributed by atoms with van der Waals surface area (Å²) in [7, 11) is 0. The molecule has 0 fully saturated rings. The fourth-order valence-corrected chi connectivity index (χ4v) is 4.82. The first-order valence-electron chi connectivity index (χ1n) is 8.31. The Labute approximate surface area is 145 Å². The van der Waals surface area contributed by atoms with Crippen molar-refractivity contribution in [1.29, 1.82) is 0 Å². The topological polar surface area (TPSA) is 64.6 Å². The van der Waals surface area contributed by atoms with E-state index in [-0.39, 0.29) is 11.7 Å². The molecule has 1 amide bonds. The molecule has 2 aliphatic rings. The number of thiophene rings is 1. The third-order valence-electron chi connectivity index (χ3n) is 4.94. The average molecular weight is 343 g/mol. The number of carbonyl (C=O) groups excluding carboxylic acids is 1. The van der Waals surface area contributed by atoms with Crippen molar-refractivity contribution in [3.05, 3.63) is 45.3 Å². The van der Waals surface area contributed by atoms with Gasteiger partial charge in [-0.15, -0.1) is 11.3 Å². The molecular weight excluding hydrogens is 322 g/mol. The maximum atomic E-state index is 12.7. The minimum Gasteiger partial charge on any atom is -0.507 e. The lowest BCUT2D eigenvalue weighted by molar-refractivity contribution is 0.0934. The van der Waals surface area contributed by atoms with Gasteiger partial charge in [-0.25, -0.2) is 0 Å². The first-order chi connectivity index (χ1) is 11.6. The standard InChI is InChI=1S/C18H21N3O2S/c1-3-21-8-7-11-13(9-21)24-18-14(11)17(23)19-16(20-18)12-6-4-5-10(2)15(12)22/h4-6,16,20,22H,3,7-9H2,1-2H3,(H,19,23)/t16-/m0/s1. The van der Waals surface area contributed by atoms with E-state index >= 15 is 0 Å². The quantitative estimate of drug-likeness (QED) is 0.784. The van der Waals surface area contributed by atoms with Crippen LogP contribution >= 0.6 is 11.3 Å². The van der Waals surface area contributed by atoms with Crippen molar-refractivity contribution in [2.45, 2.75) is 33.0 Å². The number of carbonyl (C=O) groups is 1. The van der Waals surface area contributed by atoms with E-state index < -0.39 is 6.17 Å². The molecule has 126 valence electrons. The third kappa shape index (κ3) is 2.37. The summed E-state index contributed by atoms with van der Waals surface area (Å²) in [6.07, 6.45) is 0.525. The summed E-state index contributed by atoms with van der Waals surface area (Å²) >= 11 is 1.67. The van der Waals surface area contributed by atoms with Crippen LogP contribution in [-0.4, -0.2) is 29.0 Å². The van der Waals surface area contributed by atoms with Gasteiger partial charge in [0.25, 0.3) is 5.91 Å². The van der Waals surface area contributed by atoms with Crippen molar-refractivity contribution in [1.82, 2.24) is 10.2 Å². The van der Waals surface area contributed by atoms with E-state index in [0.717, 1.165) is 42.2 Å². The third-order valence-corrected chi connectivity index (χ3v) is 6.09. The number of phenolic OH excluding ortho intramolecular Hbond substituents is 1. The molecule has 1 atom stereocenters. The monoisotopic (exact) mass is 343 g/mol. The molecule has 4 rings (SSSR count). The summed E-state index contributed by atoms with van der Waals surface area (Å²) in [5, 5.41) is 17.7. The van der Waals surface area contributed by atoms with Crippen molar-refractivity contribution in [3.8, 4) is 5.75 Å². The zero-order valence-corrected chi connectivity index (χ0v) is 14.7. The Kier molecular flexibility index (Phi) is 3.73. The molecule has 0 saturated carbocycles. The average Bonchev–Trinajstić information content (AvgIpc) is 2.94. The molecule has 5 nitrogen and oxygen atoms in total. The van der Waals surface area contributed by atoms with Crippen LogP contribution in [0.15, 0.2) is 18.2 Å². The van der Waals surface area contributed by atoms with E-state index in [2.05, 4.69) is 22.5 Å². The van der Waals surface area contributed by atoms with E-state index in [0.29, 0.717) is 5.56 Å². The van der Waals surface area contributed by atoms with E-state index in [1.807, 2.05) is 25.1 Å². The number of nitrogens with zero attached hydrogens (tertiary/aromatic N) is 1. The number of aromatic hydroxyl groups is 1. The Morgan fingerprint density at radius 1 is 1.38 bits per heavy atom. The van der Waals surface area contributed by atoms with Gasteiger partial charge < -0.3 is 15.7 Å². The van der Waals surface area contributed by atoms with Crippen molar-refractivity contribution < 1.29 is 9.90 Å². The number of para-hydroxylation sites is 1. The van der Waals surface area contributed by atoms with E-state index in [1.54, 1.807) is 11.3 Å². The number of hydrogen-bond acceptors (Lipinski definition) is 5. The van der Waals surface area contributed by atoms with Crippen LogP contribution in [-0.2, 0) is 13.0 Å². The van der Waals surface area contributed by atoms with E-state index in [4.69, 9.17) is 0 Å². The van der Waals surface area contributed by atoms with Crippen LogP contribution < -0.4 is 10.6 Å². The minimum absolute atomic E-state index is 0.0443. The highest BCUT2D eigenvalue weighted by molar-refractivity contribution is 7.16. The smallest absolute Gasteiger partial charge is 0.256 e. The maximum Gasteiger partial charge on any atom is 0.256 e. The second kappa shape index (κ2) is 5.79. The molecule has 24 heavy (non-hydrogen) atoms. The molecule has 1 aromatic heterocycles. The van der Waals surface area contributed by atoms with Gasteiger partial charge in [-0.05, 0) is 31.0 Å². The lowest BCUT2D eigenvalue weighted by Gasteiger charge is -2.28. The molecule has 1 aromatic carbocycles. The molecule has 0 radical (unpaired) electrons. The molecule has 0 spiro atoms. The number of amides is 1. The van der Waals surface area contributed by atoms with Crippen LogP contribution in [0, 0.1) is 6.92 Å². The molecule has 6 heteroatoms. The number of nitrogens with one attached hydrogen (secondary N) is 2. The molecule has 0 aliphatic carbocycles. The zero-order chi connectivity index (χ0) is 16.8. The molecule has 0 bridgehead atoms. The molecule has 2 aromatic rings. The Morgan fingerprint density at radius 2 is 2.21 bits per heavy atom. The van der Waals surface area contributed by atoms with Crippen LogP contribution in [0.3, 0.4) is 0 Å². The number of phenols is 1. The minimum atomic E-state index is -0.396. The molecule has 2 aliphatic heterocycles. The van der Waals surface area contributed by atoms with Crippen LogP contribution in [0.4, 0.5) is 5.00 Å². The van der Waals surface area contributed by atoms with Crippen molar-refractivity contribution >= 4 is 22.2 Å². The predicted molar refractivity (Wildman–Crippen MR) is 95.6 cm³/mol. The summed E-state index contributed by atoms with van der Waals surface area (Å²) in [5.74, 6) is 0.189. The summed E-state index contributed by atoms with van der Waals surface area (Å²) < 4.78 is 0. The van der Waals surface area contributed by atoms with E-state index in [1.165, 1.54) is 10.4 Å². The van der Waals surface area contributed by atoms with Crippen LogP contribution in [0.25, 0.3) is 0 Å². The molecule has 0 unspecified atom stereocenters. The van der Waals surface area contributed by atoms with Gasteiger partial charge in [-0.2, -0.15) is 0 Å². The van der Waals surface area contributed by atoms with Crippen molar-refractivity contribution in [2.24, 2.45) is 0 Å². The number of hydrogen-bond donors (Lipinski definition) is 3. The van der Waals surface area contributed by atoms with Crippen LogP contribution in [0.1, 0.15) is 45.0 Å². The molecular formula is C18H21N3O2S. The van der Waals surface area contributed by atoms with Crippen LogP contribution in [0.2, 0.25) is 0 Å². The molecule has 0 saturated heterocycles. The number of anilines is 1.